The highest BCUT2D eigenvalue weighted by Gasteiger charge is 2.59. The van der Waals surface area contributed by atoms with Crippen LogP contribution in [0.3, 0.4) is 0 Å². The predicted molar refractivity (Wildman–Crippen MR) is 98.4 cm³/mol. The second-order valence-electron chi connectivity index (χ2n) is 10.0. The number of hydrogen-bond donors (Lipinski definition) is 0. The van der Waals surface area contributed by atoms with E-state index in [1.54, 1.807) is 0 Å². The van der Waals surface area contributed by atoms with Crippen molar-refractivity contribution in [1.82, 2.24) is 0 Å². The molecule has 4 fully saturated rings. The lowest BCUT2D eigenvalue weighted by molar-refractivity contribution is -0.113. The van der Waals surface area contributed by atoms with Gasteiger partial charge in [-0.2, -0.15) is 0 Å². The first kappa shape index (κ1) is 16.8. The van der Waals surface area contributed by atoms with E-state index in [0.717, 1.165) is 42.4 Å². The lowest BCUT2D eigenvalue weighted by Crippen LogP contribution is -2.53. The maximum atomic E-state index is 8.80. The molecule has 3 nitrogen and oxygen atoms in total. The van der Waals surface area contributed by atoms with Crippen molar-refractivity contribution in [2.45, 2.75) is 91.0 Å². The SMILES string of the molecule is CC[C@H]1CC[C@H]2[C@@H]3CC[C@@H]4C[C@@H](N=[N+]=[N-])CC[C@]4(C)[C@H]3CC[C@]12C. The van der Waals surface area contributed by atoms with Crippen LogP contribution in [0.4, 0.5) is 0 Å². The minimum absolute atomic E-state index is 0.273. The second-order valence-corrected chi connectivity index (χ2v) is 10.0. The Kier molecular flexibility index (Phi) is 4.15. The highest BCUT2D eigenvalue weighted by Crippen LogP contribution is 2.67. The summed E-state index contributed by atoms with van der Waals surface area (Å²) in [6.07, 6.45) is 13.7. The Labute approximate surface area is 147 Å². The average molecular weight is 330 g/mol. The summed E-state index contributed by atoms with van der Waals surface area (Å²) in [7, 11) is 0. The molecule has 4 rings (SSSR count). The summed E-state index contributed by atoms with van der Waals surface area (Å²) in [6, 6.07) is 0.273. The van der Waals surface area contributed by atoms with Crippen LogP contribution in [0.2, 0.25) is 0 Å². The van der Waals surface area contributed by atoms with Gasteiger partial charge in [-0.3, -0.25) is 0 Å². The Morgan fingerprint density at radius 1 is 0.958 bits per heavy atom. The van der Waals surface area contributed by atoms with E-state index in [1.807, 2.05) is 0 Å². The van der Waals surface area contributed by atoms with E-state index in [9.17, 15) is 0 Å². The van der Waals surface area contributed by atoms with Gasteiger partial charge in [-0.25, -0.2) is 0 Å². The molecule has 134 valence electrons. The minimum atomic E-state index is 0.273. The van der Waals surface area contributed by atoms with E-state index < -0.39 is 0 Å². The van der Waals surface area contributed by atoms with Crippen molar-refractivity contribution in [3.8, 4) is 0 Å². The van der Waals surface area contributed by atoms with Gasteiger partial charge in [0.05, 0.1) is 0 Å². The van der Waals surface area contributed by atoms with Crippen molar-refractivity contribution >= 4 is 0 Å². The quantitative estimate of drug-likeness (QED) is 0.306. The highest BCUT2D eigenvalue weighted by atomic mass is 15.1. The fraction of sp³-hybridized carbons (Fsp3) is 1.00. The molecule has 0 heterocycles. The molecule has 0 unspecified atom stereocenters. The standard InChI is InChI=1S/C21H35N3/c1-4-14-6-8-18-17-7-5-15-13-16(23-24-22)9-11-21(15,3)19(17)10-12-20(14,18)2/h14-19H,4-13H2,1-3H3/t14-,15+,16-,17-,18-,19-,20+,21-/m0/s1. The number of rotatable bonds is 2. The summed E-state index contributed by atoms with van der Waals surface area (Å²) < 4.78 is 0. The van der Waals surface area contributed by atoms with Gasteiger partial charge in [0.25, 0.3) is 0 Å². The van der Waals surface area contributed by atoms with Crippen LogP contribution in [0.1, 0.15) is 85.0 Å². The number of fused-ring (bicyclic) bond motifs is 5. The zero-order valence-corrected chi connectivity index (χ0v) is 15.9. The summed E-state index contributed by atoms with van der Waals surface area (Å²) >= 11 is 0. The summed E-state index contributed by atoms with van der Waals surface area (Å²) in [5.41, 5.74) is 9.97. The van der Waals surface area contributed by atoms with Crippen LogP contribution in [0.15, 0.2) is 5.11 Å². The molecule has 0 aromatic heterocycles. The summed E-state index contributed by atoms with van der Waals surface area (Å²) in [5, 5.41) is 4.08. The van der Waals surface area contributed by atoms with Crippen molar-refractivity contribution in [3.05, 3.63) is 10.4 Å². The molecule has 0 aromatic rings. The Morgan fingerprint density at radius 3 is 2.46 bits per heavy atom. The van der Waals surface area contributed by atoms with Crippen molar-refractivity contribution in [2.24, 2.45) is 45.5 Å². The Hall–Kier alpha value is -0.690. The summed E-state index contributed by atoms with van der Waals surface area (Å²) in [6.45, 7) is 7.66. The summed E-state index contributed by atoms with van der Waals surface area (Å²) in [4.78, 5) is 3.10. The van der Waals surface area contributed by atoms with Crippen LogP contribution >= 0.6 is 0 Å². The molecule has 0 radical (unpaired) electrons. The van der Waals surface area contributed by atoms with Gasteiger partial charge in [0, 0.05) is 11.0 Å². The maximum absolute atomic E-state index is 8.80. The molecule has 24 heavy (non-hydrogen) atoms. The van der Waals surface area contributed by atoms with Gasteiger partial charge in [0.15, 0.2) is 0 Å². The molecule has 4 saturated carbocycles. The molecule has 0 amide bonds. The number of azide groups is 1. The predicted octanol–water partition coefficient (Wildman–Crippen LogP) is 6.73. The van der Waals surface area contributed by atoms with Crippen LogP contribution < -0.4 is 0 Å². The van der Waals surface area contributed by atoms with E-state index in [1.165, 1.54) is 51.4 Å². The van der Waals surface area contributed by atoms with Gasteiger partial charge < -0.3 is 0 Å². The van der Waals surface area contributed by atoms with Gasteiger partial charge in [0.1, 0.15) is 0 Å². The molecule has 0 aliphatic heterocycles. The van der Waals surface area contributed by atoms with Gasteiger partial charge >= 0.3 is 0 Å². The molecule has 0 bridgehead atoms. The van der Waals surface area contributed by atoms with Crippen LogP contribution in [-0.2, 0) is 0 Å². The maximum Gasteiger partial charge on any atom is 0.0377 e. The third-order valence-electron chi connectivity index (χ3n) is 9.54. The van der Waals surface area contributed by atoms with Crippen LogP contribution in [0.25, 0.3) is 10.4 Å². The lowest BCUT2D eigenvalue weighted by atomic mass is 9.44. The van der Waals surface area contributed by atoms with Gasteiger partial charge in [0.2, 0.25) is 0 Å². The average Bonchev–Trinajstić information content (AvgIpc) is 2.92. The van der Waals surface area contributed by atoms with Crippen molar-refractivity contribution in [1.29, 1.82) is 0 Å². The molecular weight excluding hydrogens is 294 g/mol. The molecule has 3 heteroatoms. The zero-order valence-electron chi connectivity index (χ0n) is 15.9. The van der Waals surface area contributed by atoms with Gasteiger partial charge in [-0.05, 0) is 104 Å². The molecule has 4 aliphatic carbocycles. The lowest BCUT2D eigenvalue weighted by Gasteiger charge is -2.61. The normalized spacial score (nSPS) is 53.5. The van der Waals surface area contributed by atoms with E-state index >= 15 is 0 Å². The largest absolute Gasteiger partial charge is 0.0906 e. The van der Waals surface area contributed by atoms with Crippen molar-refractivity contribution in [2.75, 3.05) is 0 Å². The van der Waals surface area contributed by atoms with Crippen LogP contribution in [0.5, 0.6) is 0 Å². The summed E-state index contributed by atoms with van der Waals surface area (Å²) in [5.74, 6) is 4.70. The van der Waals surface area contributed by atoms with Crippen LogP contribution in [0, 0.1) is 40.4 Å². The van der Waals surface area contributed by atoms with Crippen molar-refractivity contribution in [3.63, 3.8) is 0 Å². The Morgan fingerprint density at radius 2 is 1.71 bits per heavy atom. The Balaban J connectivity index is 1.57. The second kappa shape index (κ2) is 5.94. The first-order valence-corrected chi connectivity index (χ1v) is 10.6. The first-order valence-electron chi connectivity index (χ1n) is 10.6. The minimum Gasteiger partial charge on any atom is -0.0906 e. The highest BCUT2D eigenvalue weighted by molar-refractivity contribution is 5.09. The molecule has 0 saturated heterocycles. The van der Waals surface area contributed by atoms with Gasteiger partial charge in [-0.15, -0.1) is 0 Å². The fourth-order valence-corrected chi connectivity index (χ4v) is 8.19. The number of hydrogen-bond acceptors (Lipinski definition) is 1. The zero-order chi connectivity index (χ0) is 16.9. The first-order chi connectivity index (χ1) is 11.5. The number of nitrogens with zero attached hydrogens (tertiary/aromatic N) is 3. The third kappa shape index (κ3) is 2.26. The monoisotopic (exact) mass is 329 g/mol. The molecular formula is C21H35N3. The molecule has 0 N–H and O–H groups in total. The third-order valence-corrected chi connectivity index (χ3v) is 9.54. The van der Waals surface area contributed by atoms with E-state index in [-0.39, 0.29) is 6.04 Å². The van der Waals surface area contributed by atoms with Gasteiger partial charge in [-0.1, -0.05) is 32.3 Å². The molecule has 0 spiro atoms. The Bertz CT molecular complexity index is 539. The molecule has 8 atom stereocenters. The van der Waals surface area contributed by atoms with E-state index in [2.05, 4.69) is 30.8 Å². The van der Waals surface area contributed by atoms with E-state index in [4.69, 9.17) is 5.53 Å². The van der Waals surface area contributed by atoms with Crippen LogP contribution in [-0.4, -0.2) is 6.04 Å². The molecule has 0 aromatic carbocycles. The molecule has 4 aliphatic rings. The van der Waals surface area contributed by atoms with E-state index in [0.29, 0.717) is 10.8 Å². The smallest absolute Gasteiger partial charge is 0.0377 e. The fourth-order valence-electron chi connectivity index (χ4n) is 8.19. The topological polar surface area (TPSA) is 48.8 Å². The van der Waals surface area contributed by atoms with Crippen molar-refractivity contribution < 1.29 is 0 Å².